The fraction of sp³-hybridized carbons (Fsp3) is 0.200. The number of nitrogens with zero attached hydrogens (tertiary/aromatic N) is 1. The van der Waals surface area contributed by atoms with Crippen molar-refractivity contribution in [1.29, 1.82) is 0 Å². The number of carboxylic acid groups (broad SMARTS) is 1. The molecule has 0 radical (unpaired) electrons. The van der Waals surface area contributed by atoms with E-state index in [4.69, 9.17) is 10.9 Å². The molecule has 2 aromatic rings. The van der Waals surface area contributed by atoms with Crippen LogP contribution in [-0.4, -0.2) is 35.3 Å². The summed E-state index contributed by atoms with van der Waals surface area (Å²) < 4.78 is 0. The van der Waals surface area contributed by atoms with Crippen LogP contribution in [0.5, 0.6) is 0 Å². The van der Waals surface area contributed by atoms with Crippen molar-refractivity contribution in [2.24, 2.45) is 10.9 Å². The Hall–Kier alpha value is -3.88. The lowest BCUT2D eigenvalue weighted by Crippen LogP contribution is -2.40. The molecule has 2 atom stereocenters. The minimum atomic E-state index is -1.11. The van der Waals surface area contributed by atoms with Crippen LogP contribution in [-0.2, 0) is 9.59 Å². The van der Waals surface area contributed by atoms with Gasteiger partial charge in [0.15, 0.2) is 0 Å². The monoisotopic (exact) mass is 397 g/mol. The number of aliphatic carboxylic acids is 1. The van der Waals surface area contributed by atoms with Gasteiger partial charge in [0.05, 0.1) is 12.1 Å². The summed E-state index contributed by atoms with van der Waals surface area (Å²) in [6.07, 6.45) is 1.49. The molecule has 3 amide bonds. The van der Waals surface area contributed by atoms with Crippen LogP contribution in [0.4, 0.5) is 16.2 Å². The smallest absolute Gasteiger partial charge is 0.325 e. The van der Waals surface area contributed by atoms with Crippen LogP contribution >= 0.6 is 0 Å². The molecule has 0 fully saturated rings. The first-order chi connectivity index (χ1) is 13.8. The number of carbonyl (C=O) groups excluding carboxylic acids is 2. The molecule has 2 rings (SSSR count). The number of hydrazone groups is 1. The number of carbonyl (C=O) groups is 3. The Bertz CT molecular complexity index is 911. The number of rotatable bonds is 7. The molecule has 0 heterocycles. The first kappa shape index (κ1) is 21.4. The Balaban J connectivity index is 2.00. The predicted molar refractivity (Wildman–Crippen MR) is 111 cm³/mol. The first-order valence-corrected chi connectivity index (χ1v) is 8.84. The second-order valence-corrected chi connectivity index (χ2v) is 6.39. The van der Waals surface area contributed by atoms with Crippen molar-refractivity contribution in [3.63, 3.8) is 0 Å². The molecule has 0 bridgehead atoms. The highest BCUT2D eigenvalue weighted by molar-refractivity contribution is 6.00. The SMILES string of the molecule is CC(NC(=O)C(C)c1cccc(NC(=O)Nc2ccc(C=NN)cc2)c1)C(=O)O. The molecule has 0 aliphatic rings. The normalized spacial score (nSPS) is 12.8. The Kier molecular flexibility index (Phi) is 7.30. The molecule has 9 heteroatoms. The third-order valence-electron chi connectivity index (χ3n) is 4.16. The van der Waals surface area contributed by atoms with E-state index in [9.17, 15) is 14.4 Å². The van der Waals surface area contributed by atoms with Crippen LogP contribution < -0.4 is 21.8 Å². The van der Waals surface area contributed by atoms with Crippen molar-refractivity contribution in [2.45, 2.75) is 25.8 Å². The van der Waals surface area contributed by atoms with Gasteiger partial charge in [-0.3, -0.25) is 9.59 Å². The second kappa shape index (κ2) is 9.88. The predicted octanol–water partition coefficient (Wildman–Crippen LogP) is 2.32. The number of anilines is 2. The Morgan fingerprint density at radius 1 is 1.03 bits per heavy atom. The van der Waals surface area contributed by atoms with Gasteiger partial charge in [0.2, 0.25) is 5.91 Å². The van der Waals surface area contributed by atoms with E-state index in [0.717, 1.165) is 5.56 Å². The van der Waals surface area contributed by atoms with Gasteiger partial charge in [-0.2, -0.15) is 5.10 Å². The van der Waals surface area contributed by atoms with E-state index in [1.165, 1.54) is 13.1 Å². The molecule has 0 aliphatic heterocycles. The van der Waals surface area contributed by atoms with Crippen molar-refractivity contribution >= 4 is 35.5 Å². The summed E-state index contributed by atoms with van der Waals surface area (Å²) in [5.74, 6) is 2.98. The maximum Gasteiger partial charge on any atom is 0.325 e. The van der Waals surface area contributed by atoms with Crippen LogP contribution in [0.2, 0.25) is 0 Å². The van der Waals surface area contributed by atoms with Crippen LogP contribution in [0.25, 0.3) is 0 Å². The van der Waals surface area contributed by atoms with Gasteiger partial charge < -0.3 is 26.9 Å². The average Bonchev–Trinajstić information content (AvgIpc) is 2.69. The number of hydrogen-bond donors (Lipinski definition) is 5. The minimum absolute atomic E-state index is 0.414. The summed E-state index contributed by atoms with van der Waals surface area (Å²) in [5, 5.41) is 20.2. The molecule has 29 heavy (non-hydrogen) atoms. The van der Waals surface area contributed by atoms with Crippen LogP contribution in [0.3, 0.4) is 0 Å². The standard InChI is InChI=1S/C20H23N5O4/c1-12(18(26)23-13(2)19(27)28)15-4-3-5-17(10-15)25-20(29)24-16-8-6-14(7-9-16)11-22-21/h3-13H,21H2,1-2H3,(H,23,26)(H,27,28)(H2,24,25,29). The summed E-state index contributed by atoms with van der Waals surface area (Å²) in [6, 6.07) is 12.3. The Labute approximate surface area is 168 Å². The third-order valence-corrected chi connectivity index (χ3v) is 4.16. The average molecular weight is 397 g/mol. The van der Waals surface area contributed by atoms with Crippen molar-refractivity contribution in [2.75, 3.05) is 10.6 Å². The molecule has 0 saturated heterocycles. The van der Waals surface area contributed by atoms with Gasteiger partial charge in [-0.15, -0.1) is 0 Å². The molecule has 0 spiro atoms. The molecule has 0 aromatic heterocycles. The van der Waals surface area contributed by atoms with Crippen molar-refractivity contribution in [3.8, 4) is 0 Å². The lowest BCUT2D eigenvalue weighted by molar-refractivity contribution is -0.141. The first-order valence-electron chi connectivity index (χ1n) is 8.84. The van der Waals surface area contributed by atoms with E-state index in [1.807, 2.05) is 0 Å². The number of urea groups is 1. The molecule has 152 valence electrons. The van der Waals surface area contributed by atoms with E-state index in [2.05, 4.69) is 21.1 Å². The number of hydrogen-bond acceptors (Lipinski definition) is 5. The Morgan fingerprint density at radius 2 is 1.69 bits per heavy atom. The number of nitrogens with two attached hydrogens (primary N) is 1. The van der Waals surface area contributed by atoms with Gasteiger partial charge >= 0.3 is 12.0 Å². The number of nitrogens with one attached hydrogen (secondary N) is 3. The maximum atomic E-state index is 12.2. The van der Waals surface area contributed by atoms with Crippen LogP contribution in [0, 0.1) is 0 Å². The lowest BCUT2D eigenvalue weighted by atomic mass is 9.99. The molecular weight excluding hydrogens is 374 g/mol. The topological polar surface area (TPSA) is 146 Å². The zero-order valence-electron chi connectivity index (χ0n) is 16.0. The van der Waals surface area contributed by atoms with Crippen molar-refractivity contribution in [1.82, 2.24) is 5.32 Å². The molecule has 0 aliphatic carbocycles. The third kappa shape index (κ3) is 6.35. The highest BCUT2D eigenvalue weighted by atomic mass is 16.4. The van der Waals surface area contributed by atoms with Gasteiger partial charge in [0, 0.05) is 11.4 Å². The van der Waals surface area contributed by atoms with E-state index in [-0.39, 0.29) is 0 Å². The fourth-order valence-electron chi connectivity index (χ4n) is 2.47. The van der Waals surface area contributed by atoms with Crippen molar-refractivity contribution < 1.29 is 19.5 Å². The molecule has 2 aromatic carbocycles. The highest BCUT2D eigenvalue weighted by Crippen LogP contribution is 2.20. The van der Waals surface area contributed by atoms with E-state index in [1.54, 1.807) is 55.5 Å². The molecular formula is C20H23N5O4. The maximum absolute atomic E-state index is 12.2. The molecule has 0 saturated carbocycles. The van der Waals surface area contributed by atoms with E-state index < -0.39 is 29.9 Å². The summed E-state index contributed by atoms with van der Waals surface area (Å²) >= 11 is 0. The second-order valence-electron chi connectivity index (χ2n) is 6.39. The van der Waals surface area contributed by atoms with Gasteiger partial charge in [-0.05, 0) is 49.2 Å². The summed E-state index contributed by atoms with van der Waals surface area (Å²) in [5.41, 5.74) is 2.53. The summed E-state index contributed by atoms with van der Waals surface area (Å²) in [7, 11) is 0. The molecule has 9 nitrogen and oxygen atoms in total. The van der Waals surface area contributed by atoms with Gasteiger partial charge in [0.1, 0.15) is 6.04 Å². The van der Waals surface area contributed by atoms with Gasteiger partial charge in [-0.25, -0.2) is 4.79 Å². The highest BCUT2D eigenvalue weighted by Gasteiger charge is 2.20. The molecule has 6 N–H and O–H groups in total. The largest absolute Gasteiger partial charge is 0.480 e. The zero-order chi connectivity index (χ0) is 21.4. The summed E-state index contributed by atoms with van der Waals surface area (Å²) in [4.78, 5) is 35.3. The lowest BCUT2D eigenvalue weighted by Gasteiger charge is -2.16. The van der Waals surface area contributed by atoms with Gasteiger partial charge in [0.25, 0.3) is 0 Å². The fourth-order valence-corrected chi connectivity index (χ4v) is 2.47. The van der Waals surface area contributed by atoms with Crippen molar-refractivity contribution in [3.05, 3.63) is 59.7 Å². The van der Waals surface area contributed by atoms with Gasteiger partial charge in [-0.1, -0.05) is 24.3 Å². The number of amides is 3. The molecule has 2 unspecified atom stereocenters. The number of carboxylic acids is 1. The Morgan fingerprint density at radius 3 is 2.31 bits per heavy atom. The quantitative estimate of drug-likeness (QED) is 0.276. The minimum Gasteiger partial charge on any atom is -0.480 e. The van der Waals surface area contributed by atoms with E-state index >= 15 is 0 Å². The summed E-state index contributed by atoms with van der Waals surface area (Å²) in [6.45, 7) is 3.06. The zero-order valence-corrected chi connectivity index (χ0v) is 16.0. The number of benzene rings is 2. The van der Waals surface area contributed by atoms with E-state index in [0.29, 0.717) is 16.9 Å². The van der Waals surface area contributed by atoms with Crippen LogP contribution in [0.15, 0.2) is 53.6 Å². The van der Waals surface area contributed by atoms with Crippen LogP contribution in [0.1, 0.15) is 30.9 Å².